The maximum absolute atomic E-state index is 5.74. The van der Waals surface area contributed by atoms with Crippen LogP contribution in [0.5, 0.6) is 0 Å². The van der Waals surface area contributed by atoms with Crippen LogP contribution in [0.25, 0.3) is 11.4 Å². The lowest BCUT2D eigenvalue weighted by molar-refractivity contribution is 1.19. The highest BCUT2D eigenvalue weighted by Crippen LogP contribution is 2.22. The summed E-state index contributed by atoms with van der Waals surface area (Å²) in [7, 11) is 0. The van der Waals surface area contributed by atoms with E-state index >= 15 is 0 Å². The van der Waals surface area contributed by atoms with E-state index in [2.05, 4.69) is 18.7 Å². The average Bonchev–Trinajstić information content (AvgIpc) is 2.53. The van der Waals surface area contributed by atoms with Crippen LogP contribution < -0.4 is 0 Å². The van der Waals surface area contributed by atoms with Crippen LogP contribution in [0.2, 0.25) is 5.15 Å². The summed E-state index contributed by atoms with van der Waals surface area (Å²) < 4.78 is 7.80. The molecule has 0 saturated heterocycles. The third-order valence-corrected chi connectivity index (χ3v) is 2.15. The number of halogens is 1. The second-order valence-electron chi connectivity index (χ2n) is 1.99. The van der Waals surface area contributed by atoms with Crippen molar-refractivity contribution in [2.24, 2.45) is 0 Å². The topological polar surface area (TPSA) is 51.6 Å². The van der Waals surface area contributed by atoms with Gasteiger partial charge in [-0.15, -0.1) is 0 Å². The van der Waals surface area contributed by atoms with E-state index in [-0.39, 0.29) is 0 Å². The van der Waals surface area contributed by atoms with Gasteiger partial charge in [-0.1, -0.05) is 11.6 Å². The summed E-state index contributed by atoms with van der Waals surface area (Å²) in [5.41, 5.74) is 1.24. The van der Waals surface area contributed by atoms with Crippen molar-refractivity contribution in [1.82, 2.24) is 18.7 Å². The molecule has 0 aliphatic heterocycles. The highest BCUT2D eigenvalue weighted by atomic mass is 35.5. The van der Waals surface area contributed by atoms with Gasteiger partial charge in [-0.05, 0) is 0 Å². The molecule has 6 heteroatoms. The molecule has 0 fully saturated rings. The molecule has 2 heterocycles. The lowest BCUT2D eigenvalue weighted by Gasteiger charge is -1.91. The standard InChI is InChI=1S/C6H3ClN4S/c7-6-5(10-12-11-6)4-3-8-1-2-9-4/h1-3H. The first-order valence-electron chi connectivity index (χ1n) is 3.12. The molecule has 0 amide bonds. The Bertz CT molecular complexity index is 374. The van der Waals surface area contributed by atoms with E-state index in [1.807, 2.05) is 0 Å². The minimum Gasteiger partial charge on any atom is -0.261 e. The Morgan fingerprint density at radius 1 is 1.25 bits per heavy atom. The average molecular weight is 199 g/mol. The van der Waals surface area contributed by atoms with Crippen LogP contribution in [-0.4, -0.2) is 18.7 Å². The van der Waals surface area contributed by atoms with Crippen LogP contribution in [-0.2, 0) is 0 Å². The Morgan fingerprint density at radius 2 is 2.17 bits per heavy atom. The first-order valence-corrected chi connectivity index (χ1v) is 4.23. The summed E-state index contributed by atoms with van der Waals surface area (Å²) in [5, 5.41) is 0.375. The van der Waals surface area contributed by atoms with Crippen molar-refractivity contribution in [3.05, 3.63) is 23.7 Å². The SMILES string of the molecule is Clc1nsnc1-c1cnccn1. The van der Waals surface area contributed by atoms with E-state index in [0.29, 0.717) is 16.5 Å². The molecule has 0 aromatic carbocycles. The first kappa shape index (κ1) is 7.57. The van der Waals surface area contributed by atoms with Crippen LogP contribution in [0.15, 0.2) is 18.6 Å². The molecule has 0 bridgehead atoms. The number of aromatic nitrogens is 4. The van der Waals surface area contributed by atoms with Gasteiger partial charge in [0, 0.05) is 12.4 Å². The molecular weight excluding hydrogens is 196 g/mol. The molecule has 2 rings (SSSR count). The third kappa shape index (κ3) is 1.28. The second kappa shape index (κ2) is 3.12. The predicted octanol–water partition coefficient (Wildman–Crippen LogP) is 1.65. The van der Waals surface area contributed by atoms with Crippen molar-refractivity contribution < 1.29 is 0 Å². The van der Waals surface area contributed by atoms with Gasteiger partial charge in [0.2, 0.25) is 0 Å². The summed E-state index contributed by atoms with van der Waals surface area (Å²) in [4.78, 5) is 7.94. The fourth-order valence-corrected chi connectivity index (χ4v) is 1.49. The van der Waals surface area contributed by atoms with Gasteiger partial charge in [0.05, 0.1) is 17.9 Å². The molecule has 0 aliphatic carbocycles. The van der Waals surface area contributed by atoms with Crippen molar-refractivity contribution in [1.29, 1.82) is 0 Å². The van der Waals surface area contributed by atoms with E-state index in [1.54, 1.807) is 18.6 Å². The second-order valence-corrected chi connectivity index (χ2v) is 2.88. The lowest BCUT2D eigenvalue weighted by atomic mass is 10.3. The Morgan fingerprint density at radius 3 is 2.75 bits per heavy atom. The molecule has 12 heavy (non-hydrogen) atoms. The van der Waals surface area contributed by atoms with E-state index in [1.165, 1.54) is 0 Å². The van der Waals surface area contributed by atoms with Crippen LogP contribution >= 0.6 is 23.3 Å². The Labute approximate surface area is 77.6 Å². The van der Waals surface area contributed by atoms with E-state index in [9.17, 15) is 0 Å². The smallest absolute Gasteiger partial charge is 0.172 e. The van der Waals surface area contributed by atoms with Gasteiger partial charge in [-0.25, -0.2) is 0 Å². The molecule has 0 radical (unpaired) electrons. The Kier molecular flexibility index (Phi) is 1.97. The normalized spacial score (nSPS) is 10.1. The van der Waals surface area contributed by atoms with Gasteiger partial charge in [-0.2, -0.15) is 8.75 Å². The molecule has 60 valence electrons. The van der Waals surface area contributed by atoms with Gasteiger partial charge in [-0.3, -0.25) is 9.97 Å². The van der Waals surface area contributed by atoms with Gasteiger partial charge < -0.3 is 0 Å². The molecular formula is C6H3ClN4S. The number of nitrogens with zero attached hydrogens (tertiary/aromatic N) is 4. The number of rotatable bonds is 1. The minimum atomic E-state index is 0.375. The summed E-state index contributed by atoms with van der Waals surface area (Å²) in [6, 6.07) is 0. The zero-order valence-corrected chi connectivity index (χ0v) is 7.38. The van der Waals surface area contributed by atoms with Crippen molar-refractivity contribution in [2.75, 3.05) is 0 Å². The fraction of sp³-hybridized carbons (Fsp3) is 0. The predicted molar refractivity (Wildman–Crippen MR) is 45.9 cm³/mol. The zero-order chi connectivity index (χ0) is 8.39. The molecule has 0 aliphatic rings. The molecule has 4 nitrogen and oxygen atoms in total. The van der Waals surface area contributed by atoms with Crippen molar-refractivity contribution in [3.63, 3.8) is 0 Å². The van der Waals surface area contributed by atoms with Gasteiger partial charge in [0.25, 0.3) is 0 Å². The summed E-state index contributed by atoms with van der Waals surface area (Å²) in [5.74, 6) is 0. The van der Waals surface area contributed by atoms with Crippen molar-refractivity contribution >= 4 is 23.3 Å². The van der Waals surface area contributed by atoms with Crippen LogP contribution in [0, 0.1) is 0 Å². The maximum atomic E-state index is 5.74. The lowest BCUT2D eigenvalue weighted by Crippen LogP contribution is -1.83. The maximum Gasteiger partial charge on any atom is 0.172 e. The number of hydrogen-bond donors (Lipinski definition) is 0. The van der Waals surface area contributed by atoms with Crippen molar-refractivity contribution in [2.45, 2.75) is 0 Å². The van der Waals surface area contributed by atoms with Gasteiger partial charge in [0.1, 0.15) is 11.4 Å². The van der Waals surface area contributed by atoms with E-state index in [4.69, 9.17) is 11.6 Å². The monoisotopic (exact) mass is 198 g/mol. The quantitative estimate of drug-likeness (QED) is 0.699. The van der Waals surface area contributed by atoms with Crippen molar-refractivity contribution in [3.8, 4) is 11.4 Å². The summed E-state index contributed by atoms with van der Waals surface area (Å²) in [6.45, 7) is 0. The number of hydrogen-bond acceptors (Lipinski definition) is 5. The Balaban J connectivity index is 2.51. The molecule has 0 saturated carbocycles. The zero-order valence-electron chi connectivity index (χ0n) is 5.81. The van der Waals surface area contributed by atoms with Gasteiger partial charge in [0.15, 0.2) is 5.15 Å². The first-order chi connectivity index (χ1) is 5.88. The molecule has 2 aromatic heterocycles. The fourth-order valence-electron chi connectivity index (χ4n) is 0.752. The largest absolute Gasteiger partial charge is 0.261 e. The molecule has 0 atom stereocenters. The third-order valence-electron chi connectivity index (χ3n) is 1.25. The van der Waals surface area contributed by atoms with Crippen LogP contribution in [0.4, 0.5) is 0 Å². The van der Waals surface area contributed by atoms with E-state index < -0.39 is 0 Å². The molecule has 0 spiro atoms. The Hall–Kier alpha value is -1.07. The highest BCUT2D eigenvalue weighted by Gasteiger charge is 2.08. The van der Waals surface area contributed by atoms with Gasteiger partial charge >= 0.3 is 0 Å². The highest BCUT2D eigenvalue weighted by molar-refractivity contribution is 6.99. The summed E-state index contributed by atoms with van der Waals surface area (Å²) >= 11 is 6.80. The van der Waals surface area contributed by atoms with Crippen LogP contribution in [0.1, 0.15) is 0 Å². The molecule has 0 N–H and O–H groups in total. The minimum absolute atomic E-state index is 0.375. The molecule has 2 aromatic rings. The molecule has 0 unspecified atom stereocenters. The van der Waals surface area contributed by atoms with E-state index in [0.717, 1.165) is 11.7 Å². The van der Waals surface area contributed by atoms with Crippen LogP contribution in [0.3, 0.4) is 0 Å². The summed E-state index contributed by atoms with van der Waals surface area (Å²) in [6.07, 6.45) is 4.78.